The van der Waals surface area contributed by atoms with Crippen LogP contribution in [0.5, 0.6) is 0 Å². The maximum Gasteiger partial charge on any atom is 0.425 e. The van der Waals surface area contributed by atoms with Crippen molar-refractivity contribution in [1.29, 1.82) is 0 Å². The maximum absolute atomic E-state index is 12.9. The minimum absolute atomic E-state index is 0.312. The fourth-order valence-electron chi connectivity index (χ4n) is 4.25. The van der Waals surface area contributed by atoms with Crippen molar-refractivity contribution in [3.63, 3.8) is 0 Å². The van der Waals surface area contributed by atoms with Crippen molar-refractivity contribution in [3.8, 4) is 10.6 Å². The van der Waals surface area contributed by atoms with Crippen LogP contribution in [0.4, 0.5) is 23.9 Å². The van der Waals surface area contributed by atoms with Gasteiger partial charge in [-0.15, -0.1) is 11.3 Å². The number of hydrogen-bond acceptors (Lipinski definition) is 9. The number of nitrogens with zero attached hydrogens (tertiary/aromatic N) is 4. The number of carbonyl (C=O) groups excluding carboxylic acids is 2. The van der Waals surface area contributed by atoms with Crippen molar-refractivity contribution < 1.29 is 22.8 Å². The van der Waals surface area contributed by atoms with Gasteiger partial charge in [-0.05, 0) is 79.0 Å². The molecule has 0 saturated carbocycles. The number of piperidine rings is 1. The van der Waals surface area contributed by atoms with Crippen LogP contribution >= 0.6 is 23.1 Å². The Morgan fingerprint density at radius 2 is 1.89 bits per heavy atom. The lowest BCUT2D eigenvalue weighted by Crippen LogP contribution is -2.38. The molecule has 0 radical (unpaired) electrons. The SMILES string of the molecule is O=C1NC(=O)/C(=C\c2ccnc(N3CCC(CNCc4ccnc(-c5ccc(C(F)(F)F)s5)c4)CC3)n2)S1. The Morgan fingerprint density at radius 1 is 1.11 bits per heavy atom. The van der Waals surface area contributed by atoms with Crippen LogP contribution in [0.3, 0.4) is 0 Å². The quantitative estimate of drug-likeness (QED) is 0.392. The first-order valence-electron chi connectivity index (χ1n) is 11.9. The predicted octanol–water partition coefficient (Wildman–Crippen LogP) is 4.95. The third kappa shape index (κ3) is 6.40. The lowest BCUT2D eigenvalue weighted by molar-refractivity contribution is -0.134. The standard InChI is InChI=1S/C25H23F3N6O2S2/c26-25(27,28)21-2-1-19(37-21)18-11-16(3-7-30-18)14-29-13-15-5-9-34(10-6-15)23-31-8-4-17(32-23)12-20-22(35)33-24(36)38-20/h1-4,7-8,11-12,15,29H,5-6,9-10,13-14H2,(H,33,35,36)/b20-12+. The number of anilines is 1. The van der Waals surface area contributed by atoms with E-state index in [1.165, 1.54) is 6.07 Å². The molecule has 0 spiro atoms. The molecule has 13 heteroatoms. The molecular weight excluding hydrogens is 537 g/mol. The average molecular weight is 561 g/mol. The first-order valence-corrected chi connectivity index (χ1v) is 13.5. The van der Waals surface area contributed by atoms with Crippen molar-refractivity contribution >= 4 is 46.3 Å². The first kappa shape index (κ1) is 26.3. The molecule has 0 unspecified atom stereocenters. The third-order valence-electron chi connectivity index (χ3n) is 6.21. The number of aromatic nitrogens is 3. The van der Waals surface area contributed by atoms with E-state index >= 15 is 0 Å². The Labute approximate surface area is 224 Å². The van der Waals surface area contributed by atoms with Gasteiger partial charge in [0.05, 0.1) is 21.2 Å². The molecule has 0 aromatic carbocycles. The molecule has 38 heavy (non-hydrogen) atoms. The van der Waals surface area contributed by atoms with Crippen LogP contribution in [0.15, 0.2) is 47.6 Å². The fraction of sp³-hybridized carbons (Fsp3) is 0.320. The predicted molar refractivity (Wildman–Crippen MR) is 140 cm³/mol. The zero-order chi connectivity index (χ0) is 26.7. The summed E-state index contributed by atoms with van der Waals surface area (Å²) in [6, 6.07) is 7.93. The van der Waals surface area contributed by atoms with E-state index in [-0.39, 0.29) is 0 Å². The van der Waals surface area contributed by atoms with Gasteiger partial charge in [-0.3, -0.25) is 19.9 Å². The minimum atomic E-state index is -4.35. The smallest absolute Gasteiger partial charge is 0.341 e. The molecular formula is C25H23F3N6O2S2. The van der Waals surface area contributed by atoms with Gasteiger partial charge >= 0.3 is 6.18 Å². The Bertz CT molecular complexity index is 1370. The molecule has 2 amide bonds. The van der Waals surface area contributed by atoms with Gasteiger partial charge < -0.3 is 10.2 Å². The number of halogens is 3. The monoisotopic (exact) mass is 560 g/mol. The number of hydrogen-bond donors (Lipinski definition) is 2. The van der Waals surface area contributed by atoms with Crippen molar-refractivity contribution in [2.75, 3.05) is 24.5 Å². The number of alkyl halides is 3. The van der Waals surface area contributed by atoms with Gasteiger partial charge in [0.2, 0.25) is 5.95 Å². The number of rotatable bonds is 7. The molecule has 5 heterocycles. The van der Waals surface area contributed by atoms with E-state index in [4.69, 9.17) is 0 Å². The summed E-state index contributed by atoms with van der Waals surface area (Å²) < 4.78 is 38.8. The molecule has 2 aliphatic heterocycles. The molecule has 0 bridgehead atoms. The Balaban J connectivity index is 1.11. The van der Waals surface area contributed by atoms with Crippen LogP contribution in [0.25, 0.3) is 16.6 Å². The van der Waals surface area contributed by atoms with E-state index in [0.29, 0.717) is 50.9 Å². The van der Waals surface area contributed by atoms with Gasteiger partial charge in [0.1, 0.15) is 4.88 Å². The fourth-order valence-corrected chi connectivity index (χ4v) is 5.76. The highest BCUT2D eigenvalue weighted by molar-refractivity contribution is 8.18. The highest BCUT2D eigenvalue weighted by atomic mass is 32.2. The molecule has 2 aliphatic rings. The first-order chi connectivity index (χ1) is 18.2. The Kier molecular flexibility index (Phi) is 7.77. The summed E-state index contributed by atoms with van der Waals surface area (Å²) in [6.07, 6.45) is 2.41. The van der Waals surface area contributed by atoms with E-state index < -0.39 is 22.2 Å². The highest BCUT2D eigenvalue weighted by Gasteiger charge is 2.32. The van der Waals surface area contributed by atoms with Crippen LogP contribution < -0.4 is 15.5 Å². The Morgan fingerprint density at radius 3 is 2.61 bits per heavy atom. The zero-order valence-corrected chi connectivity index (χ0v) is 21.6. The van der Waals surface area contributed by atoms with Gasteiger partial charge in [-0.25, -0.2) is 9.97 Å². The Hall–Kier alpha value is -3.29. The molecule has 0 aliphatic carbocycles. The van der Waals surface area contributed by atoms with Crippen molar-refractivity contribution in [2.45, 2.75) is 25.6 Å². The number of carbonyl (C=O) groups is 2. The lowest BCUT2D eigenvalue weighted by atomic mass is 9.97. The second-order valence-corrected chi connectivity index (χ2v) is 11.0. The number of thioether (sulfide) groups is 1. The number of thiophene rings is 1. The summed E-state index contributed by atoms with van der Waals surface area (Å²) in [5.74, 6) is 0.639. The second-order valence-electron chi connectivity index (χ2n) is 8.91. The van der Waals surface area contributed by atoms with Gasteiger partial charge in [0, 0.05) is 32.0 Å². The number of amides is 2. The molecule has 2 fully saturated rings. The molecule has 3 aromatic rings. The normalized spacial score (nSPS) is 17.9. The van der Waals surface area contributed by atoms with Crippen LogP contribution in [0.1, 0.15) is 29.0 Å². The van der Waals surface area contributed by atoms with Crippen LogP contribution in [0.2, 0.25) is 0 Å². The molecule has 198 valence electrons. The van der Waals surface area contributed by atoms with Crippen LogP contribution in [-0.2, 0) is 17.5 Å². The molecule has 0 atom stereocenters. The number of nitrogens with one attached hydrogen (secondary N) is 2. The second kappa shape index (κ2) is 11.2. The van der Waals surface area contributed by atoms with E-state index in [9.17, 15) is 22.8 Å². The largest absolute Gasteiger partial charge is 0.425 e. The van der Waals surface area contributed by atoms with Crippen molar-refractivity contribution in [1.82, 2.24) is 25.6 Å². The van der Waals surface area contributed by atoms with Crippen LogP contribution in [0, 0.1) is 5.92 Å². The van der Waals surface area contributed by atoms with E-state index in [1.807, 2.05) is 12.1 Å². The topological polar surface area (TPSA) is 100 Å². The van der Waals surface area contributed by atoms with E-state index in [1.54, 1.807) is 24.5 Å². The lowest BCUT2D eigenvalue weighted by Gasteiger charge is -2.32. The van der Waals surface area contributed by atoms with Gasteiger partial charge in [0.25, 0.3) is 11.1 Å². The van der Waals surface area contributed by atoms with Gasteiger partial charge in [-0.2, -0.15) is 13.2 Å². The highest BCUT2D eigenvalue weighted by Crippen LogP contribution is 2.38. The summed E-state index contributed by atoms with van der Waals surface area (Å²) >= 11 is 1.55. The van der Waals surface area contributed by atoms with Gasteiger partial charge in [0.15, 0.2) is 0 Å². The summed E-state index contributed by atoms with van der Waals surface area (Å²) in [5.41, 5.74) is 2.07. The van der Waals surface area contributed by atoms with Crippen molar-refractivity contribution in [2.24, 2.45) is 5.92 Å². The summed E-state index contributed by atoms with van der Waals surface area (Å²) in [7, 11) is 0. The van der Waals surface area contributed by atoms with E-state index in [2.05, 4.69) is 30.5 Å². The van der Waals surface area contributed by atoms with Crippen molar-refractivity contribution in [3.05, 3.63) is 63.8 Å². The summed E-state index contributed by atoms with van der Waals surface area (Å²) in [4.78, 5) is 38.6. The molecule has 2 N–H and O–H groups in total. The molecule has 8 nitrogen and oxygen atoms in total. The molecule has 2 saturated heterocycles. The average Bonchev–Trinajstić information content (AvgIpc) is 3.52. The zero-order valence-electron chi connectivity index (χ0n) is 20.0. The van der Waals surface area contributed by atoms with Gasteiger partial charge in [-0.1, -0.05) is 0 Å². The molecule has 5 rings (SSSR count). The third-order valence-corrected chi connectivity index (χ3v) is 8.17. The summed E-state index contributed by atoms with van der Waals surface area (Å²) in [6.45, 7) is 3.00. The summed E-state index contributed by atoms with van der Waals surface area (Å²) in [5, 5.41) is 5.30. The molecule has 3 aromatic heterocycles. The minimum Gasteiger partial charge on any atom is -0.341 e. The van der Waals surface area contributed by atoms with E-state index in [0.717, 1.165) is 55.9 Å². The number of imide groups is 1. The maximum atomic E-state index is 12.9. The number of pyridine rings is 1. The van der Waals surface area contributed by atoms with Crippen LogP contribution in [-0.4, -0.2) is 45.7 Å².